The number of aromatic nitrogens is 3. The Bertz CT molecular complexity index is 1030. The number of nitrogens with zero attached hydrogens (tertiary/aromatic N) is 5. The molecular weight excluding hydrogens is 396 g/mol. The Labute approximate surface area is 180 Å². The maximum atomic E-state index is 12.4. The number of thioether (sulfide) groups is 1. The van der Waals surface area contributed by atoms with Gasteiger partial charge in [-0.1, -0.05) is 43.8 Å². The standard InChI is InChI=1S/C22H24N6OS/c1-15(2)21-26-27-22(28(21)19-12-13-19)30-14-20(29)23-16-8-10-18(11-9-16)25-24-17-6-4-3-5-7-17/h3-11,15,19H,12-14H2,1-2H3,(H,23,29). The van der Waals surface area contributed by atoms with E-state index in [0.717, 1.165) is 40.9 Å². The molecule has 1 aliphatic rings. The molecule has 0 unspecified atom stereocenters. The van der Waals surface area contributed by atoms with Crippen LogP contribution in [0, 0.1) is 0 Å². The van der Waals surface area contributed by atoms with Gasteiger partial charge in [0.05, 0.1) is 17.1 Å². The van der Waals surface area contributed by atoms with Crippen LogP contribution in [0.2, 0.25) is 0 Å². The number of benzene rings is 2. The van der Waals surface area contributed by atoms with Crippen LogP contribution in [0.3, 0.4) is 0 Å². The van der Waals surface area contributed by atoms with Crippen molar-refractivity contribution < 1.29 is 4.79 Å². The highest BCUT2D eigenvalue weighted by Gasteiger charge is 2.30. The average molecular weight is 421 g/mol. The van der Waals surface area contributed by atoms with Crippen LogP contribution < -0.4 is 5.32 Å². The van der Waals surface area contributed by atoms with Gasteiger partial charge in [-0.05, 0) is 49.2 Å². The van der Waals surface area contributed by atoms with Gasteiger partial charge < -0.3 is 9.88 Å². The number of hydrogen-bond acceptors (Lipinski definition) is 6. The van der Waals surface area contributed by atoms with E-state index in [1.54, 1.807) is 0 Å². The maximum absolute atomic E-state index is 12.4. The van der Waals surface area contributed by atoms with Gasteiger partial charge in [-0.3, -0.25) is 4.79 Å². The zero-order valence-electron chi connectivity index (χ0n) is 17.0. The molecule has 0 aliphatic heterocycles. The van der Waals surface area contributed by atoms with Crippen LogP contribution in [0.4, 0.5) is 17.1 Å². The number of azo groups is 1. The van der Waals surface area contributed by atoms with Gasteiger partial charge in [0.1, 0.15) is 5.82 Å². The van der Waals surface area contributed by atoms with Gasteiger partial charge in [0.2, 0.25) is 5.91 Å². The summed E-state index contributed by atoms with van der Waals surface area (Å²) in [5, 5.41) is 20.8. The Hall–Kier alpha value is -3.00. The first kappa shape index (κ1) is 20.3. The number of carbonyl (C=O) groups is 1. The lowest BCUT2D eigenvalue weighted by Crippen LogP contribution is -2.14. The number of amides is 1. The van der Waals surface area contributed by atoms with Crippen LogP contribution in [-0.2, 0) is 4.79 Å². The van der Waals surface area contributed by atoms with E-state index < -0.39 is 0 Å². The van der Waals surface area contributed by atoms with E-state index in [-0.39, 0.29) is 5.91 Å². The van der Waals surface area contributed by atoms with Crippen molar-refractivity contribution in [2.24, 2.45) is 10.2 Å². The summed E-state index contributed by atoms with van der Waals surface area (Å²) in [4.78, 5) is 12.4. The zero-order valence-corrected chi connectivity index (χ0v) is 17.8. The molecule has 1 saturated carbocycles. The summed E-state index contributed by atoms with van der Waals surface area (Å²) < 4.78 is 2.20. The van der Waals surface area contributed by atoms with Crippen LogP contribution >= 0.6 is 11.8 Å². The van der Waals surface area contributed by atoms with E-state index in [9.17, 15) is 4.79 Å². The van der Waals surface area contributed by atoms with Crippen LogP contribution in [0.15, 0.2) is 70.0 Å². The van der Waals surface area contributed by atoms with Crippen molar-refractivity contribution in [3.8, 4) is 0 Å². The van der Waals surface area contributed by atoms with Crippen molar-refractivity contribution in [2.75, 3.05) is 11.1 Å². The summed E-state index contributed by atoms with van der Waals surface area (Å²) in [6.07, 6.45) is 2.32. The summed E-state index contributed by atoms with van der Waals surface area (Å²) in [6.45, 7) is 4.24. The fraction of sp³-hybridized carbons (Fsp3) is 0.318. The molecule has 1 heterocycles. The van der Waals surface area contributed by atoms with E-state index >= 15 is 0 Å². The molecular formula is C22H24N6OS. The first-order chi connectivity index (χ1) is 14.6. The Morgan fingerprint density at radius 2 is 1.73 bits per heavy atom. The van der Waals surface area contributed by atoms with E-state index in [1.807, 2.05) is 54.6 Å². The van der Waals surface area contributed by atoms with Gasteiger partial charge in [-0.15, -0.1) is 10.2 Å². The Morgan fingerprint density at radius 3 is 2.37 bits per heavy atom. The third-order valence-corrected chi connectivity index (χ3v) is 5.58. The van der Waals surface area contributed by atoms with Gasteiger partial charge in [0.25, 0.3) is 0 Å². The summed E-state index contributed by atoms with van der Waals surface area (Å²) in [5.74, 6) is 1.54. The van der Waals surface area contributed by atoms with Crippen molar-refractivity contribution in [1.29, 1.82) is 0 Å². The minimum Gasteiger partial charge on any atom is -0.325 e. The Balaban J connectivity index is 1.32. The van der Waals surface area contributed by atoms with E-state index in [2.05, 4.69) is 44.2 Å². The summed E-state index contributed by atoms with van der Waals surface area (Å²) >= 11 is 1.43. The molecule has 0 spiro atoms. The molecule has 8 heteroatoms. The molecule has 0 atom stereocenters. The SMILES string of the molecule is CC(C)c1nnc(SCC(=O)Nc2ccc(N=Nc3ccccc3)cc2)n1C1CC1. The van der Waals surface area contributed by atoms with Crippen LogP contribution in [-0.4, -0.2) is 26.4 Å². The van der Waals surface area contributed by atoms with Crippen molar-refractivity contribution in [1.82, 2.24) is 14.8 Å². The second-order valence-corrected chi connectivity index (χ2v) is 8.46. The number of hydrogen-bond donors (Lipinski definition) is 1. The third-order valence-electron chi connectivity index (χ3n) is 4.64. The summed E-state index contributed by atoms with van der Waals surface area (Å²) in [5.41, 5.74) is 2.25. The molecule has 30 heavy (non-hydrogen) atoms. The first-order valence-corrected chi connectivity index (χ1v) is 11.0. The fourth-order valence-electron chi connectivity index (χ4n) is 3.01. The number of anilines is 1. The second-order valence-electron chi connectivity index (χ2n) is 7.52. The minimum atomic E-state index is -0.0740. The smallest absolute Gasteiger partial charge is 0.234 e. The third kappa shape index (κ3) is 5.13. The van der Waals surface area contributed by atoms with Gasteiger partial charge in [0.15, 0.2) is 5.16 Å². The van der Waals surface area contributed by atoms with Gasteiger partial charge in [-0.2, -0.15) is 10.2 Å². The topological polar surface area (TPSA) is 84.5 Å². The molecule has 3 aromatic rings. The van der Waals surface area contributed by atoms with Gasteiger partial charge >= 0.3 is 0 Å². The quantitative estimate of drug-likeness (QED) is 0.364. The Morgan fingerprint density at radius 1 is 1.07 bits per heavy atom. The van der Waals surface area contributed by atoms with Crippen LogP contribution in [0.1, 0.15) is 44.5 Å². The molecule has 0 saturated heterocycles. The highest BCUT2D eigenvalue weighted by Crippen LogP contribution is 2.40. The van der Waals surface area contributed by atoms with Crippen LogP contribution in [0.5, 0.6) is 0 Å². The minimum absolute atomic E-state index is 0.0740. The van der Waals surface area contributed by atoms with Crippen molar-refractivity contribution >= 4 is 34.7 Å². The normalized spacial score (nSPS) is 13.8. The largest absolute Gasteiger partial charge is 0.325 e. The molecule has 1 N–H and O–H groups in total. The predicted octanol–water partition coefficient (Wildman–Crippen LogP) is 5.88. The molecule has 1 amide bonds. The lowest BCUT2D eigenvalue weighted by Gasteiger charge is -2.10. The monoisotopic (exact) mass is 420 g/mol. The van der Waals surface area contributed by atoms with E-state index in [1.165, 1.54) is 11.8 Å². The van der Waals surface area contributed by atoms with Crippen molar-refractivity contribution in [3.63, 3.8) is 0 Å². The lowest BCUT2D eigenvalue weighted by atomic mass is 10.2. The molecule has 2 aromatic carbocycles. The number of rotatable bonds is 8. The second kappa shape index (κ2) is 9.21. The number of nitrogens with one attached hydrogen (secondary N) is 1. The first-order valence-electron chi connectivity index (χ1n) is 10.0. The van der Waals surface area contributed by atoms with Gasteiger partial charge in [0, 0.05) is 17.6 Å². The lowest BCUT2D eigenvalue weighted by molar-refractivity contribution is -0.113. The molecule has 4 rings (SSSR count). The Kier molecular flexibility index (Phi) is 6.23. The molecule has 1 aliphatic carbocycles. The van der Waals surface area contributed by atoms with Crippen molar-refractivity contribution in [3.05, 3.63) is 60.4 Å². The van der Waals surface area contributed by atoms with Crippen molar-refractivity contribution in [2.45, 2.75) is 43.8 Å². The summed E-state index contributed by atoms with van der Waals surface area (Å²) in [7, 11) is 0. The van der Waals surface area contributed by atoms with E-state index in [4.69, 9.17) is 0 Å². The van der Waals surface area contributed by atoms with Gasteiger partial charge in [-0.25, -0.2) is 0 Å². The molecule has 0 bridgehead atoms. The molecule has 154 valence electrons. The van der Waals surface area contributed by atoms with E-state index in [0.29, 0.717) is 17.7 Å². The molecule has 1 aromatic heterocycles. The summed E-state index contributed by atoms with van der Waals surface area (Å²) in [6, 6.07) is 17.4. The zero-order chi connectivity index (χ0) is 20.9. The predicted molar refractivity (Wildman–Crippen MR) is 119 cm³/mol. The molecule has 0 radical (unpaired) electrons. The average Bonchev–Trinajstić information content (AvgIpc) is 3.51. The highest BCUT2D eigenvalue weighted by molar-refractivity contribution is 7.99. The van der Waals surface area contributed by atoms with Crippen LogP contribution in [0.25, 0.3) is 0 Å². The fourth-order valence-corrected chi connectivity index (χ4v) is 3.82. The number of carbonyl (C=O) groups excluding carboxylic acids is 1. The molecule has 7 nitrogen and oxygen atoms in total. The highest BCUT2D eigenvalue weighted by atomic mass is 32.2. The maximum Gasteiger partial charge on any atom is 0.234 e. The molecule has 1 fully saturated rings.